The minimum absolute atomic E-state index is 0. The molecule has 0 bridgehead atoms. The van der Waals surface area contributed by atoms with E-state index in [1.165, 1.54) is 0 Å². The van der Waals surface area contributed by atoms with Crippen LogP contribution < -0.4 is 16.0 Å². The molecule has 0 spiro atoms. The topological polar surface area (TPSA) is 95.0 Å². The third kappa shape index (κ3) is 8.44. The molecule has 1 heterocycles. The number of nitrogens with zero attached hydrogens (tertiary/aromatic N) is 1. The average molecular weight is 490 g/mol. The standard InChI is InChI=1S/C19H30N4O3.HI/c1-2-20-18(23-14-19(8-10-24)9-11-26-15-19)22-13-17(25)21-12-16-6-4-3-5-7-16;/h3-7,24H,2,8-15H2,1H3,(H,21,25)(H2,20,22,23);1H. The van der Waals surface area contributed by atoms with E-state index in [-0.39, 0.29) is 48.5 Å². The van der Waals surface area contributed by atoms with Gasteiger partial charge in [0.1, 0.15) is 6.54 Å². The van der Waals surface area contributed by atoms with Gasteiger partial charge in [-0.15, -0.1) is 24.0 Å². The summed E-state index contributed by atoms with van der Waals surface area (Å²) in [6.45, 7) is 5.40. The third-order valence-corrected chi connectivity index (χ3v) is 4.52. The molecule has 1 aliphatic heterocycles. The van der Waals surface area contributed by atoms with E-state index in [2.05, 4.69) is 20.9 Å². The van der Waals surface area contributed by atoms with Crippen LogP contribution in [0, 0.1) is 5.41 Å². The number of aliphatic hydroxyl groups is 1. The van der Waals surface area contributed by atoms with Gasteiger partial charge in [0, 0.05) is 38.3 Å². The molecule has 1 aliphatic rings. The van der Waals surface area contributed by atoms with Gasteiger partial charge in [-0.1, -0.05) is 30.3 Å². The predicted molar refractivity (Wildman–Crippen MR) is 117 cm³/mol. The monoisotopic (exact) mass is 490 g/mol. The third-order valence-electron chi connectivity index (χ3n) is 4.52. The number of ether oxygens (including phenoxy) is 1. The van der Waals surface area contributed by atoms with Gasteiger partial charge in [-0.25, -0.2) is 4.99 Å². The van der Waals surface area contributed by atoms with Crippen molar-refractivity contribution >= 4 is 35.8 Å². The Morgan fingerprint density at radius 1 is 1.26 bits per heavy atom. The van der Waals surface area contributed by atoms with E-state index >= 15 is 0 Å². The molecule has 1 aromatic carbocycles. The van der Waals surface area contributed by atoms with Gasteiger partial charge < -0.3 is 25.8 Å². The van der Waals surface area contributed by atoms with Crippen LogP contribution in [0.1, 0.15) is 25.3 Å². The molecule has 7 nitrogen and oxygen atoms in total. The van der Waals surface area contributed by atoms with Crippen LogP contribution in [0.4, 0.5) is 0 Å². The lowest BCUT2D eigenvalue weighted by molar-refractivity contribution is -0.119. The molecule has 1 fully saturated rings. The first kappa shape index (κ1) is 23.6. The predicted octanol–water partition coefficient (Wildman–Crippen LogP) is 1.26. The molecule has 152 valence electrons. The summed E-state index contributed by atoms with van der Waals surface area (Å²) in [5.41, 5.74) is 0.989. The van der Waals surface area contributed by atoms with Crippen LogP contribution in [0.2, 0.25) is 0 Å². The molecule has 8 heteroatoms. The number of hydrogen-bond donors (Lipinski definition) is 4. The number of guanidine groups is 1. The average Bonchev–Trinajstić information content (AvgIpc) is 3.12. The zero-order valence-corrected chi connectivity index (χ0v) is 18.2. The molecule has 0 aliphatic carbocycles. The normalized spacial score (nSPS) is 19.3. The van der Waals surface area contributed by atoms with E-state index in [1.54, 1.807) is 0 Å². The Balaban J connectivity index is 0.00000364. The van der Waals surface area contributed by atoms with E-state index in [9.17, 15) is 9.90 Å². The molecule has 1 amide bonds. The lowest BCUT2D eigenvalue weighted by Gasteiger charge is -2.27. The number of carbonyl (C=O) groups is 1. The van der Waals surface area contributed by atoms with Crippen LogP contribution in [-0.4, -0.2) is 56.4 Å². The summed E-state index contributed by atoms with van der Waals surface area (Å²) >= 11 is 0. The van der Waals surface area contributed by atoms with Crippen molar-refractivity contribution in [3.63, 3.8) is 0 Å². The molecule has 4 N–H and O–H groups in total. The Morgan fingerprint density at radius 3 is 2.67 bits per heavy atom. The molecule has 1 aromatic rings. The van der Waals surface area contributed by atoms with Crippen LogP contribution >= 0.6 is 24.0 Å². The van der Waals surface area contributed by atoms with Crippen molar-refractivity contribution in [1.29, 1.82) is 0 Å². The number of aliphatic imine (C=N–C) groups is 1. The lowest BCUT2D eigenvalue weighted by Crippen LogP contribution is -2.45. The maximum atomic E-state index is 12.0. The molecule has 2 rings (SSSR count). The summed E-state index contributed by atoms with van der Waals surface area (Å²) in [6, 6.07) is 9.78. The Hall–Kier alpha value is -1.39. The van der Waals surface area contributed by atoms with Gasteiger partial charge in [0.05, 0.1) is 6.61 Å². The number of halogens is 1. The van der Waals surface area contributed by atoms with Crippen LogP contribution in [0.5, 0.6) is 0 Å². The number of hydrogen-bond acceptors (Lipinski definition) is 4. The van der Waals surface area contributed by atoms with Gasteiger partial charge >= 0.3 is 0 Å². The van der Waals surface area contributed by atoms with E-state index in [1.807, 2.05) is 37.3 Å². The van der Waals surface area contributed by atoms with Gasteiger partial charge in [-0.3, -0.25) is 4.79 Å². The minimum atomic E-state index is -0.125. The zero-order valence-electron chi connectivity index (χ0n) is 15.9. The minimum Gasteiger partial charge on any atom is -0.396 e. The molecule has 0 radical (unpaired) electrons. The second-order valence-electron chi connectivity index (χ2n) is 6.59. The number of benzene rings is 1. The van der Waals surface area contributed by atoms with Gasteiger partial charge in [-0.2, -0.15) is 0 Å². The Morgan fingerprint density at radius 2 is 2.04 bits per heavy atom. The fourth-order valence-corrected chi connectivity index (χ4v) is 2.93. The van der Waals surface area contributed by atoms with Crippen LogP contribution in [-0.2, 0) is 16.1 Å². The molecule has 0 aromatic heterocycles. The molecule has 27 heavy (non-hydrogen) atoms. The first-order chi connectivity index (χ1) is 12.7. The van der Waals surface area contributed by atoms with Crippen molar-refractivity contribution in [2.75, 3.05) is 39.5 Å². The van der Waals surface area contributed by atoms with Gasteiger partial charge in [-0.05, 0) is 25.3 Å². The largest absolute Gasteiger partial charge is 0.396 e. The maximum absolute atomic E-state index is 12.0. The van der Waals surface area contributed by atoms with Gasteiger partial charge in [0.25, 0.3) is 0 Å². The fraction of sp³-hybridized carbons (Fsp3) is 0.579. The Kier molecular flexibility index (Phi) is 11.3. The van der Waals surface area contributed by atoms with E-state index in [0.717, 1.165) is 18.6 Å². The van der Waals surface area contributed by atoms with Crippen molar-refractivity contribution in [2.45, 2.75) is 26.3 Å². The van der Waals surface area contributed by atoms with Crippen molar-refractivity contribution < 1.29 is 14.6 Å². The highest BCUT2D eigenvalue weighted by Crippen LogP contribution is 2.31. The highest BCUT2D eigenvalue weighted by molar-refractivity contribution is 14.0. The first-order valence-corrected chi connectivity index (χ1v) is 9.19. The zero-order chi connectivity index (χ0) is 18.7. The highest BCUT2D eigenvalue weighted by atomic mass is 127. The molecule has 0 saturated carbocycles. The summed E-state index contributed by atoms with van der Waals surface area (Å²) in [5.74, 6) is 0.479. The van der Waals surface area contributed by atoms with Crippen LogP contribution in [0.15, 0.2) is 35.3 Å². The molecular weight excluding hydrogens is 459 g/mol. The molecule has 1 saturated heterocycles. The second-order valence-corrected chi connectivity index (χ2v) is 6.59. The Bertz CT molecular complexity index is 578. The number of nitrogens with one attached hydrogen (secondary N) is 3. The van der Waals surface area contributed by atoms with E-state index in [0.29, 0.717) is 38.6 Å². The maximum Gasteiger partial charge on any atom is 0.242 e. The van der Waals surface area contributed by atoms with E-state index in [4.69, 9.17) is 4.74 Å². The fourth-order valence-electron chi connectivity index (χ4n) is 2.93. The summed E-state index contributed by atoms with van der Waals surface area (Å²) in [7, 11) is 0. The molecule has 1 unspecified atom stereocenters. The van der Waals surface area contributed by atoms with Crippen LogP contribution in [0.3, 0.4) is 0 Å². The molecule has 1 atom stereocenters. The number of rotatable bonds is 9. The van der Waals surface area contributed by atoms with E-state index < -0.39 is 0 Å². The van der Waals surface area contributed by atoms with Crippen LogP contribution in [0.25, 0.3) is 0 Å². The highest BCUT2D eigenvalue weighted by Gasteiger charge is 2.34. The van der Waals surface area contributed by atoms with Crippen molar-refractivity contribution in [1.82, 2.24) is 16.0 Å². The number of amides is 1. The summed E-state index contributed by atoms with van der Waals surface area (Å²) in [5, 5.41) is 18.6. The summed E-state index contributed by atoms with van der Waals surface area (Å²) in [4.78, 5) is 16.4. The van der Waals surface area contributed by atoms with Crippen molar-refractivity contribution in [3.05, 3.63) is 35.9 Å². The first-order valence-electron chi connectivity index (χ1n) is 9.19. The van der Waals surface area contributed by atoms with Gasteiger partial charge in [0.15, 0.2) is 5.96 Å². The molecular formula is C19H31IN4O3. The van der Waals surface area contributed by atoms with Crippen molar-refractivity contribution in [3.8, 4) is 0 Å². The number of carbonyl (C=O) groups excluding carboxylic acids is 1. The summed E-state index contributed by atoms with van der Waals surface area (Å²) in [6.07, 6.45) is 1.61. The second kappa shape index (κ2) is 12.9. The van der Waals surface area contributed by atoms with Crippen molar-refractivity contribution in [2.24, 2.45) is 10.4 Å². The lowest BCUT2D eigenvalue weighted by atomic mass is 9.84. The number of aliphatic hydroxyl groups excluding tert-OH is 1. The SMILES string of the molecule is CCNC(=NCC(=O)NCc1ccccc1)NCC1(CCO)CCOC1.I. The smallest absolute Gasteiger partial charge is 0.242 e. The van der Waals surface area contributed by atoms with Gasteiger partial charge in [0.2, 0.25) is 5.91 Å². The quantitative estimate of drug-likeness (QED) is 0.238. The summed E-state index contributed by atoms with van der Waals surface area (Å²) < 4.78 is 5.50. The Labute approximate surface area is 178 Å².